The molecule has 0 aliphatic carbocycles. The van der Waals surface area contributed by atoms with E-state index in [1.165, 1.54) is 0 Å². The fraction of sp³-hybridized carbons (Fsp3) is 0.667. The van der Waals surface area contributed by atoms with E-state index in [4.69, 9.17) is 9.47 Å². The van der Waals surface area contributed by atoms with Crippen molar-refractivity contribution in [2.24, 2.45) is 0 Å². The average Bonchev–Trinajstić information content (AvgIpc) is 2.30. The third-order valence-corrected chi connectivity index (χ3v) is 1.85. The second-order valence-electron chi connectivity index (χ2n) is 3.62. The van der Waals surface area contributed by atoms with Gasteiger partial charge in [-0.3, -0.25) is 0 Å². The van der Waals surface area contributed by atoms with Gasteiger partial charge in [-0.25, -0.2) is 0 Å². The van der Waals surface area contributed by atoms with Crippen molar-refractivity contribution >= 4 is 0 Å². The summed E-state index contributed by atoms with van der Waals surface area (Å²) in [7, 11) is 0. The molecule has 0 saturated heterocycles. The minimum atomic E-state index is -0.587. The topological polar surface area (TPSA) is 71.0 Å². The number of aliphatic hydroxyl groups is 2. The minimum Gasteiger partial charge on any atom is -0.389 e. The van der Waals surface area contributed by atoms with Crippen LogP contribution in [0.3, 0.4) is 0 Å². The molecule has 0 saturated carbocycles. The lowest BCUT2D eigenvalue weighted by molar-refractivity contribution is 0.0350. The summed E-state index contributed by atoms with van der Waals surface area (Å²) in [6.07, 6.45) is 2.08. The Bertz CT molecular complexity index is 179. The van der Waals surface area contributed by atoms with E-state index in [0.717, 1.165) is 0 Å². The van der Waals surface area contributed by atoms with Gasteiger partial charge >= 0.3 is 0 Å². The molecule has 0 rings (SSSR count). The third-order valence-electron chi connectivity index (χ3n) is 1.85. The van der Waals surface area contributed by atoms with Crippen LogP contribution < -0.4 is 5.32 Å². The van der Waals surface area contributed by atoms with Gasteiger partial charge in [-0.2, -0.15) is 0 Å². The summed E-state index contributed by atoms with van der Waals surface area (Å²) >= 11 is 0. The van der Waals surface area contributed by atoms with Crippen molar-refractivity contribution in [1.82, 2.24) is 5.32 Å². The van der Waals surface area contributed by atoms with Crippen molar-refractivity contribution in [2.45, 2.75) is 12.2 Å². The van der Waals surface area contributed by atoms with Crippen molar-refractivity contribution in [3.63, 3.8) is 0 Å². The Morgan fingerprint density at radius 3 is 1.71 bits per heavy atom. The lowest BCUT2D eigenvalue weighted by Crippen LogP contribution is -2.36. The second-order valence-corrected chi connectivity index (χ2v) is 3.62. The molecule has 0 spiro atoms. The highest BCUT2D eigenvalue weighted by molar-refractivity contribution is 4.68. The highest BCUT2D eigenvalue weighted by Gasteiger charge is 2.06. The molecule has 5 nitrogen and oxygen atoms in total. The summed E-state index contributed by atoms with van der Waals surface area (Å²) in [5.41, 5.74) is 0. The first-order valence-electron chi connectivity index (χ1n) is 5.64. The van der Waals surface area contributed by atoms with Gasteiger partial charge < -0.3 is 25.0 Å². The molecule has 0 unspecified atom stereocenters. The number of hydrogen-bond donors (Lipinski definition) is 3. The lowest BCUT2D eigenvalue weighted by atomic mass is 10.3. The fourth-order valence-electron chi connectivity index (χ4n) is 1.11. The standard InChI is InChI=1S/C12H23NO4/c1-3-5-16-9-11(14)7-13-8-12(15)10-17-6-4-2/h3-4,11-15H,1-2,5-10H2/t11-,12+. The van der Waals surface area contributed by atoms with E-state index >= 15 is 0 Å². The summed E-state index contributed by atoms with van der Waals surface area (Å²) in [6.45, 7) is 9.10. The summed E-state index contributed by atoms with van der Waals surface area (Å²) in [5, 5.41) is 21.8. The highest BCUT2D eigenvalue weighted by Crippen LogP contribution is 1.87. The van der Waals surface area contributed by atoms with E-state index in [-0.39, 0.29) is 13.2 Å². The van der Waals surface area contributed by atoms with Gasteiger partial charge in [0.2, 0.25) is 0 Å². The summed E-state index contributed by atoms with van der Waals surface area (Å²) in [4.78, 5) is 0. The Kier molecular flexibility index (Phi) is 11.3. The predicted molar refractivity (Wildman–Crippen MR) is 66.9 cm³/mol. The van der Waals surface area contributed by atoms with E-state index in [1.807, 2.05) is 0 Å². The molecule has 0 amide bonds. The molecule has 0 aromatic carbocycles. The van der Waals surface area contributed by atoms with Crippen molar-refractivity contribution in [2.75, 3.05) is 39.5 Å². The molecular weight excluding hydrogens is 222 g/mol. The maximum absolute atomic E-state index is 9.45. The Hall–Kier alpha value is -0.720. The van der Waals surface area contributed by atoms with Crippen LogP contribution in [0.1, 0.15) is 0 Å². The number of hydrogen-bond acceptors (Lipinski definition) is 5. The monoisotopic (exact) mass is 245 g/mol. The first kappa shape index (κ1) is 16.3. The van der Waals surface area contributed by atoms with Gasteiger partial charge in [0, 0.05) is 13.1 Å². The van der Waals surface area contributed by atoms with Crippen molar-refractivity contribution in [3.05, 3.63) is 25.3 Å². The zero-order valence-electron chi connectivity index (χ0n) is 10.2. The van der Waals surface area contributed by atoms with Gasteiger partial charge in [-0.05, 0) is 0 Å². The summed E-state index contributed by atoms with van der Waals surface area (Å²) < 4.78 is 10.2. The number of aliphatic hydroxyl groups excluding tert-OH is 2. The SMILES string of the molecule is C=CCOC[C@H](O)CNC[C@H](O)COCC=C. The molecule has 0 aromatic rings. The highest BCUT2D eigenvalue weighted by atomic mass is 16.5. The molecule has 100 valence electrons. The molecule has 0 aliphatic rings. The van der Waals surface area contributed by atoms with Crippen molar-refractivity contribution in [3.8, 4) is 0 Å². The molecule has 0 aliphatic heterocycles. The quantitative estimate of drug-likeness (QED) is 0.325. The van der Waals surface area contributed by atoms with Crippen LogP contribution in [0.25, 0.3) is 0 Å². The van der Waals surface area contributed by atoms with Crippen molar-refractivity contribution in [1.29, 1.82) is 0 Å². The van der Waals surface area contributed by atoms with Gasteiger partial charge in [0.25, 0.3) is 0 Å². The van der Waals surface area contributed by atoms with E-state index in [2.05, 4.69) is 18.5 Å². The van der Waals surface area contributed by atoms with E-state index in [9.17, 15) is 10.2 Å². The smallest absolute Gasteiger partial charge is 0.0897 e. The number of rotatable bonds is 12. The Labute approximate surface area is 103 Å². The molecule has 0 heterocycles. The average molecular weight is 245 g/mol. The molecule has 0 bridgehead atoms. The summed E-state index contributed by atoms with van der Waals surface area (Å²) in [6, 6.07) is 0. The number of nitrogens with one attached hydrogen (secondary N) is 1. The summed E-state index contributed by atoms with van der Waals surface area (Å²) in [5.74, 6) is 0. The third kappa shape index (κ3) is 11.5. The molecule has 5 heteroatoms. The van der Waals surface area contributed by atoms with E-state index < -0.39 is 12.2 Å². The van der Waals surface area contributed by atoms with Crippen LogP contribution in [0, 0.1) is 0 Å². The lowest BCUT2D eigenvalue weighted by Gasteiger charge is -2.14. The van der Waals surface area contributed by atoms with Gasteiger partial charge in [0.05, 0.1) is 38.6 Å². The molecule has 0 radical (unpaired) electrons. The van der Waals surface area contributed by atoms with Crippen LogP contribution in [0.2, 0.25) is 0 Å². The normalized spacial score (nSPS) is 14.2. The molecule has 0 aromatic heterocycles. The van der Waals surface area contributed by atoms with Crippen LogP contribution >= 0.6 is 0 Å². The van der Waals surface area contributed by atoms with Gasteiger partial charge in [0.15, 0.2) is 0 Å². The first-order valence-corrected chi connectivity index (χ1v) is 5.64. The molecule has 17 heavy (non-hydrogen) atoms. The Morgan fingerprint density at radius 1 is 0.941 bits per heavy atom. The predicted octanol–water partition coefficient (Wildman–Crippen LogP) is -0.297. The van der Waals surface area contributed by atoms with Crippen LogP contribution in [0.4, 0.5) is 0 Å². The maximum Gasteiger partial charge on any atom is 0.0897 e. The van der Waals surface area contributed by atoms with Crippen LogP contribution in [-0.4, -0.2) is 61.9 Å². The Morgan fingerprint density at radius 2 is 1.35 bits per heavy atom. The molecule has 2 atom stereocenters. The van der Waals surface area contributed by atoms with Crippen LogP contribution in [0.5, 0.6) is 0 Å². The van der Waals surface area contributed by atoms with E-state index in [1.54, 1.807) is 12.2 Å². The maximum atomic E-state index is 9.45. The number of ether oxygens (including phenoxy) is 2. The first-order chi connectivity index (χ1) is 8.20. The van der Waals surface area contributed by atoms with Gasteiger partial charge in [-0.1, -0.05) is 12.2 Å². The van der Waals surface area contributed by atoms with Gasteiger partial charge in [0.1, 0.15) is 0 Å². The van der Waals surface area contributed by atoms with E-state index in [0.29, 0.717) is 26.3 Å². The fourth-order valence-corrected chi connectivity index (χ4v) is 1.11. The second kappa shape index (κ2) is 11.8. The zero-order valence-corrected chi connectivity index (χ0v) is 10.2. The van der Waals surface area contributed by atoms with Crippen LogP contribution in [0.15, 0.2) is 25.3 Å². The molecular formula is C12H23NO4. The minimum absolute atomic E-state index is 0.252. The van der Waals surface area contributed by atoms with Crippen LogP contribution in [-0.2, 0) is 9.47 Å². The van der Waals surface area contributed by atoms with Gasteiger partial charge in [-0.15, -0.1) is 13.2 Å². The molecule has 0 fully saturated rings. The molecule has 3 N–H and O–H groups in total. The largest absolute Gasteiger partial charge is 0.389 e. The van der Waals surface area contributed by atoms with Crippen molar-refractivity contribution < 1.29 is 19.7 Å². The zero-order chi connectivity index (χ0) is 12.9. The Balaban J connectivity index is 3.35.